The third-order valence-corrected chi connectivity index (χ3v) is 9.16. The largest absolute Gasteiger partial charge is 0.294 e. The SMILES string of the molecule is Cc1ccc(C(=O)C2CC2c2ccc(N3C(=O)C4C5C=CC(C6CC56)C4C3=O)cc2)cc1C. The van der Waals surface area contributed by atoms with Gasteiger partial charge in [0.1, 0.15) is 0 Å². The smallest absolute Gasteiger partial charge is 0.238 e. The van der Waals surface area contributed by atoms with E-state index in [2.05, 4.69) is 19.1 Å². The maximum Gasteiger partial charge on any atom is 0.238 e. The lowest BCUT2D eigenvalue weighted by Gasteiger charge is -2.37. The number of allylic oxidation sites excluding steroid dienone is 2. The monoisotopic (exact) mass is 437 g/mol. The molecule has 8 unspecified atom stereocenters. The van der Waals surface area contributed by atoms with Gasteiger partial charge in [-0.05, 0) is 91.2 Å². The molecule has 4 nitrogen and oxygen atoms in total. The van der Waals surface area contributed by atoms with Crippen LogP contribution in [-0.4, -0.2) is 17.6 Å². The second kappa shape index (κ2) is 6.53. The molecule has 3 saturated carbocycles. The van der Waals surface area contributed by atoms with E-state index in [4.69, 9.17) is 0 Å². The van der Waals surface area contributed by atoms with Crippen LogP contribution in [0.15, 0.2) is 54.6 Å². The predicted octanol–water partition coefficient (Wildman–Crippen LogP) is 4.85. The first kappa shape index (κ1) is 19.5. The first-order chi connectivity index (χ1) is 15.9. The number of hydrogen-bond donors (Lipinski definition) is 0. The maximum atomic E-state index is 13.3. The topological polar surface area (TPSA) is 54.5 Å². The van der Waals surface area contributed by atoms with Crippen molar-refractivity contribution in [2.24, 2.45) is 41.4 Å². The van der Waals surface area contributed by atoms with Crippen LogP contribution in [0, 0.1) is 55.3 Å². The third kappa shape index (κ3) is 2.67. The van der Waals surface area contributed by atoms with Crippen molar-refractivity contribution in [3.8, 4) is 0 Å². The Morgan fingerprint density at radius 1 is 0.818 bits per heavy atom. The van der Waals surface area contributed by atoms with Gasteiger partial charge in [0.2, 0.25) is 11.8 Å². The first-order valence-electron chi connectivity index (χ1n) is 12.2. The molecule has 33 heavy (non-hydrogen) atoms. The molecule has 2 bridgehead atoms. The summed E-state index contributed by atoms with van der Waals surface area (Å²) >= 11 is 0. The highest BCUT2D eigenvalue weighted by Crippen LogP contribution is 2.65. The molecular formula is C29H27NO3. The molecule has 0 N–H and O–H groups in total. The zero-order valence-electron chi connectivity index (χ0n) is 18.9. The average Bonchev–Trinajstić information content (AvgIpc) is 3.74. The molecule has 2 aromatic rings. The summed E-state index contributed by atoms with van der Waals surface area (Å²) in [6.45, 7) is 4.09. The normalized spacial score (nSPS) is 37.2. The Bertz CT molecular complexity index is 1220. The average molecular weight is 438 g/mol. The highest BCUT2D eigenvalue weighted by atomic mass is 16.2. The molecule has 2 aromatic carbocycles. The number of ketones is 1. The molecule has 0 spiro atoms. The van der Waals surface area contributed by atoms with Crippen LogP contribution in [-0.2, 0) is 9.59 Å². The van der Waals surface area contributed by atoms with E-state index in [0.29, 0.717) is 17.5 Å². The summed E-state index contributed by atoms with van der Waals surface area (Å²) in [6.07, 6.45) is 6.44. The number of amides is 2. The minimum atomic E-state index is -0.167. The molecule has 8 atom stereocenters. The zero-order chi connectivity index (χ0) is 22.6. The predicted molar refractivity (Wildman–Crippen MR) is 125 cm³/mol. The molecular weight excluding hydrogens is 410 g/mol. The standard InChI is InChI=1S/C29H27NO3/c1-14-3-4-17(11-15(14)2)27(31)24-12-21(24)16-5-7-18(8-6-16)30-28(32)25-19-9-10-20(23-13-22(19)23)26(25)29(30)33/h3-11,19-26H,12-13H2,1-2H3. The van der Waals surface area contributed by atoms with E-state index < -0.39 is 0 Å². The minimum Gasteiger partial charge on any atom is -0.294 e. The van der Waals surface area contributed by atoms with Crippen molar-refractivity contribution in [2.75, 3.05) is 4.90 Å². The van der Waals surface area contributed by atoms with Crippen LogP contribution in [0.25, 0.3) is 0 Å². The number of benzene rings is 2. The van der Waals surface area contributed by atoms with Crippen LogP contribution in [0.3, 0.4) is 0 Å². The van der Waals surface area contributed by atoms with Crippen LogP contribution in [0.5, 0.6) is 0 Å². The van der Waals surface area contributed by atoms with Crippen LogP contribution in [0.2, 0.25) is 0 Å². The van der Waals surface area contributed by atoms with Gasteiger partial charge in [-0.1, -0.05) is 36.4 Å². The van der Waals surface area contributed by atoms with Crippen molar-refractivity contribution in [2.45, 2.75) is 32.6 Å². The number of aryl methyl sites for hydroxylation is 2. The molecule has 5 aliphatic carbocycles. The molecule has 6 aliphatic rings. The van der Waals surface area contributed by atoms with Crippen molar-refractivity contribution in [1.82, 2.24) is 0 Å². The van der Waals surface area contributed by atoms with Crippen molar-refractivity contribution < 1.29 is 14.4 Å². The third-order valence-electron chi connectivity index (χ3n) is 9.16. The van der Waals surface area contributed by atoms with Gasteiger partial charge in [-0.2, -0.15) is 0 Å². The summed E-state index contributed by atoms with van der Waals surface area (Å²) in [7, 11) is 0. The van der Waals surface area contributed by atoms with Gasteiger partial charge in [0, 0.05) is 11.5 Å². The highest BCUT2D eigenvalue weighted by molar-refractivity contribution is 6.22. The van der Waals surface area contributed by atoms with Crippen LogP contribution in [0.4, 0.5) is 5.69 Å². The molecule has 8 rings (SSSR count). The van der Waals surface area contributed by atoms with E-state index in [-0.39, 0.29) is 53.1 Å². The van der Waals surface area contributed by atoms with E-state index in [1.807, 2.05) is 49.4 Å². The number of carbonyl (C=O) groups is 3. The van der Waals surface area contributed by atoms with Crippen molar-refractivity contribution in [1.29, 1.82) is 0 Å². The fraction of sp³-hybridized carbons (Fsp3) is 0.414. The zero-order valence-corrected chi connectivity index (χ0v) is 18.9. The number of nitrogens with zero attached hydrogens (tertiary/aromatic N) is 1. The summed E-state index contributed by atoms with van der Waals surface area (Å²) in [6, 6.07) is 13.7. The molecule has 1 heterocycles. The van der Waals surface area contributed by atoms with Crippen LogP contribution in [0.1, 0.15) is 45.8 Å². The Morgan fingerprint density at radius 3 is 2.06 bits per heavy atom. The quantitative estimate of drug-likeness (QED) is 0.390. The van der Waals surface area contributed by atoms with E-state index in [0.717, 1.165) is 23.1 Å². The fourth-order valence-corrected chi connectivity index (χ4v) is 7.04. The lowest BCUT2D eigenvalue weighted by atomic mass is 9.63. The summed E-state index contributed by atoms with van der Waals surface area (Å²) in [4.78, 5) is 41.0. The number of carbonyl (C=O) groups excluding carboxylic acids is 3. The van der Waals surface area contributed by atoms with Crippen LogP contribution < -0.4 is 4.90 Å². The number of Topliss-reactive ketones (excluding diaryl/α,β-unsaturated/α-hetero) is 1. The maximum absolute atomic E-state index is 13.3. The molecule has 4 heteroatoms. The number of rotatable bonds is 4. The van der Waals surface area contributed by atoms with Crippen LogP contribution >= 0.6 is 0 Å². The van der Waals surface area contributed by atoms with Gasteiger partial charge >= 0.3 is 0 Å². The van der Waals surface area contributed by atoms with Crippen molar-refractivity contribution >= 4 is 23.3 Å². The van der Waals surface area contributed by atoms with Gasteiger partial charge < -0.3 is 0 Å². The summed E-state index contributed by atoms with van der Waals surface area (Å²) in [5.41, 5.74) is 4.92. The lowest BCUT2D eigenvalue weighted by Crippen LogP contribution is -2.40. The van der Waals surface area contributed by atoms with E-state index in [1.54, 1.807) is 0 Å². The number of anilines is 1. The Balaban J connectivity index is 1.09. The van der Waals surface area contributed by atoms with Gasteiger partial charge in [0.15, 0.2) is 5.78 Å². The molecule has 0 radical (unpaired) electrons. The van der Waals surface area contributed by atoms with Gasteiger partial charge in [-0.15, -0.1) is 0 Å². The first-order valence-corrected chi connectivity index (χ1v) is 12.2. The second-order valence-electron chi connectivity index (χ2n) is 10.9. The second-order valence-corrected chi connectivity index (χ2v) is 10.9. The lowest BCUT2D eigenvalue weighted by molar-refractivity contribution is -0.124. The highest BCUT2D eigenvalue weighted by Gasteiger charge is 2.67. The number of hydrogen-bond acceptors (Lipinski definition) is 3. The van der Waals surface area contributed by atoms with Crippen molar-refractivity contribution in [3.05, 3.63) is 76.9 Å². The molecule has 1 saturated heterocycles. The molecule has 0 aromatic heterocycles. The van der Waals surface area contributed by atoms with Gasteiger partial charge in [-0.3, -0.25) is 19.3 Å². The van der Waals surface area contributed by atoms with E-state index in [9.17, 15) is 14.4 Å². The van der Waals surface area contributed by atoms with Gasteiger partial charge in [-0.25, -0.2) is 0 Å². The van der Waals surface area contributed by atoms with E-state index >= 15 is 0 Å². The summed E-state index contributed by atoms with van der Waals surface area (Å²) < 4.78 is 0. The van der Waals surface area contributed by atoms with Crippen molar-refractivity contribution in [3.63, 3.8) is 0 Å². The van der Waals surface area contributed by atoms with Gasteiger partial charge in [0.05, 0.1) is 17.5 Å². The Kier molecular flexibility index (Phi) is 3.85. The number of imide groups is 1. The summed E-state index contributed by atoms with van der Waals surface area (Å²) in [5, 5.41) is 0. The molecule has 4 fully saturated rings. The Hall–Kier alpha value is -3.01. The fourth-order valence-electron chi connectivity index (χ4n) is 7.04. The van der Waals surface area contributed by atoms with E-state index in [1.165, 1.54) is 16.9 Å². The summed E-state index contributed by atoms with van der Waals surface area (Å²) in [5.74, 6) is 1.79. The Morgan fingerprint density at radius 2 is 1.45 bits per heavy atom. The molecule has 2 amide bonds. The molecule has 1 aliphatic heterocycles. The Labute approximate surface area is 193 Å². The molecule has 166 valence electrons. The minimum absolute atomic E-state index is 0.0170. The van der Waals surface area contributed by atoms with Gasteiger partial charge in [0.25, 0.3) is 0 Å².